The van der Waals surface area contributed by atoms with Crippen LogP contribution in [0.2, 0.25) is 5.02 Å². The highest BCUT2D eigenvalue weighted by Crippen LogP contribution is 2.15. The summed E-state index contributed by atoms with van der Waals surface area (Å²) in [6, 6.07) is 5.05. The van der Waals surface area contributed by atoms with Gasteiger partial charge >= 0.3 is 0 Å². The molecular formula is C12H13ClN4O. The van der Waals surface area contributed by atoms with Gasteiger partial charge in [-0.1, -0.05) is 11.6 Å². The molecule has 6 heteroatoms. The number of carbonyl (C=O) groups excluding carboxylic acids is 1. The molecule has 2 aromatic rings. The Labute approximate surface area is 110 Å². The lowest BCUT2D eigenvalue weighted by molar-refractivity contribution is 0.102. The van der Waals surface area contributed by atoms with Crippen LogP contribution in [0.25, 0.3) is 0 Å². The van der Waals surface area contributed by atoms with Gasteiger partial charge in [-0.3, -0.25) is 9.78 Å². The lowest BCUT2D eigenvalue weighted by Gasteiger charge is -2.11. The largest absolute Gasteiger partial charge is 0.305 e. The Balaban J connectivity index is 2.19. The van der Waals surface area contributed by atoms with Crippen molar-refractivity contribution in [2.45, 2.75) is 19.9 Å². The predicted molar refractivity (Wildman–Crippen MR) is 69.8 cm³/mol. The molecule has 0 radical (unpaired) electrons. The van der Waals surface area contributed by atoms with E-state index in [9.17, 15) is 4.79 Å². The molecule has 0 aromatic carbocycles. The van der Waals surface area contributed by atoms with Crippen molar-refractivity contribution in [3.05, 3.63) is 41.3 Å². The van der Waals surface area contributed by atoms with Crippen LogP contribution in [0, 0.1) is 0 Å². The summed E-state index contributed by atoms with van der Waals surface area (Å²) in [4.78, 5) is 15.9. The van der Waals surface area contributed by atoms with Crippen LogP contribution >= 0.6 is 11.6 Å². The van der Waals surface area contributed by atoms with E-state index in [4.69, 9.17) is 11.6 Å². The highest BCUT2D eigenvalue weighted by atomic mass is 35.5. The van der Waals surface area contributed by atoms with Gasteiger partial charge in [-0.05, 0) is 26.0 Å². The number of hydrogen-bond acceptors (Lipinski definition) is 3. The van der Waals surface area contributed by atoms with Gasteiger partial charge in [0, 0.05) is 23.3 Å². The molecule has 1 N–H and O–H groups in total. The number of nitrogens with zero attached hydrogens (tertiary/aromatic N) is 3. The third-order valence-corrected chi connectivity index (χ3v) is 2.59. The Morgan fingerprint density at radius 3 is 2.83 bits per heavy atom. The van der Waals surface area contributed by atoms with Crippen LogP contribution in [0.4, 0.5) is 5.82 Å². The molecule has 0 bridgehead atoms. The molecule has 0 unspecified atom stereocenters. The van der Waals surface area contributed by atoms with Crippen molar-refractivity contribution >= 4 is 23.3 Å². The number of pyridine rings is 1. The number of carbonyl (C=O) groups is 1. The maximum absolute atomic E-state index is 12.0. The average Bonchev–Trinajstić information content (AvgIpc) is 2.77. The normalized spacial score (nSPS) is 10.7. The van der Waals surface area contributed by atoms with Crippen LogP contribution in [0.5, 0.6) is 0 Å². The molecule has 94 valence electrons. The highest BCUT2D eigenvalue weighted by molar-refractivity contribution is 6.30. The Morgan fingerprint density at radius 2 is 2.17 bits per heavy atom. The second-order valence-corrected chi connectivity index (χ2v) is 4.50. The SMILES string of the molecule is CC(C)n1nccc1NC(=O)c1cc(Cl)ccn1. The number of aromatic nitrogens is 3. The quantitative estimate of drug-likeness (QED) is 0.927. The molecule has 0 aliphatic carbocycles. The van der Waals surface area contributed by atoms with E-state index in [-0.39, 0.29) is 17.6 Å². The summed E-state index contributed by atoms with van der Waals surface area (Å²) in [5, 5.41) is 7.37. The van der Waals surface area contributed by atoms with Gasteiger partial charge in [0.25, 0.3) is 5.91 Å². The molecule has 0 fully saturated rings. The van der Waals surface area contributed by atoms with Crippen LogP contribution in [-0.2, 0) is 0 Å². The molecule has 5 nitrogen and oxygen atoms in total. The monoisotopic (exact) mass is 264 g/mol. The number of hydrogen-bond donors (Lipinski definition) is 1. The molecule has 2 heterocycles. The van der Waals surface area contributed by atoms with Gasteiger partial charge in [0.2, 0.25) is 0 Å². The Hall–Kier alpha value is -1.88. The molecule has 2 rings (SSSR count). The summed E-state index contributed by atoms with van der Waals surface area (Å²) in [5.74, 6) is 0.330. The van der Waals surface area contributed by atoms with Crippen molar-refractivity contribution in [2.75, 3.05) is 5.32 Å². The molecule has 0 atom stereocenters. The van der Waals surface area contributed by atoms with E-state index < -0.39 is 0 Å². The lowest BCUT2D eigenvalue weighted by Crippen LogP contribution is -2.17. The van der Waals surface area contributed by atoms with Crippen molar-refractivity contribution in [1.82, 2.24) is 14.8 Å². The van der Waals surface area contributed by atoms with E-state index in [0.717, 1.165) is 0 Å². The zero-order valence-corrected chi connectivity index (χ0v) is 10.8. The standard InChI is InChI=1S/C12H13ClN4O/c1-8(2)17-11(4-6-15-17)16-12(18)10-7-9(13)3-5-14-10/h3-8H,1-2H3,(H,16,18). The van der Waals surface area contributed by atoms with Crippen LogP contribution in [-0.4, -0.2) is 20.7 Å². The first-order chi connectivity index (χ1) is 8.58. The fourth-order valence-corrected chi connectivity index (χ4v) is 1.69. The summed E-state index contributed by atoms with van der Waals surface area (Å²) >= 11 is 5.81. The van der Waals surface area contributed by atoms with Gasteiger partial charge in [0.05, 0.1) is 6.20 Å². The smallest absolute Gasteiger partial charge is 0.275 e. The Bertz CT molecular complexity index is 565. The average molecular weight is 265 g/mol. The summed E-state index contributed by atoms with van der Waals surface area (Å²) in [5.41, 5.74) is 0.277. The lowest BCUT2D eigenvalue weighted by atomic mass is 10.3. The van der Waals surface area contributed by atoms with Crippen LogP contribution in [0.1, 0.15) is 30.4 Å². The fourth-order valence-electron chi connectivity index (χ4n) is 1.53. The summed E-state index contributed by atoms with van der Waals surface area (Å²) in [6.45, 7) is 3.97. The minimum Gasteiger partial charge on any atom is -0.305 e. The molecule has 18 heavy (non-hydrogen) atoms. The van der Waals surface area contributed by atoms with E-state index in [1.54, 1.807) is 23.0 Å². The van der Waals surface area contributed by atoms with Crippen molar-refractivity contribution in [1.29, 1.82) is 0 Å². The number of amides is 1. The van der Waals surface area contributed by atoms with Gasteiger partial charge in [-0.25, -0.2) is 4.68 Å². The van der Waals surface area contributed by atoms with Crippen LogP contribution in [0.15, 0.2) is 30.6 Å². The topological polar surface area (TPSA) is 59.8 Å². The van der Waals surface area contributed by atoms with Crippen molar-refractivity contribution in [3.63, 3.8) is 0 Å². The molecule has 1 amide bonds. The van der Waals surface area contributed by atoms with E-state index >= 15 is 0 Å². The molecule has 0 aliphatic rings. The summed E-state index contributed by atoms with van der Waals surface area (Å²) < 4.78 is 1.72. The predicted octanol–water partition coefficient (Wildman–Crippen LogP) is 2.76. The number of rotatable bonds is 3. The second-order valence-electron chi connectivity index (χ2n) is 4.07. The fraction of sp³-hybridized carbons (Fsp3) is 0.250. The summed E-state index contributed by atoms with van der Waals surface area (Å²) in [6.07, 6.45) is 3.14. The van der Waals surface area contributed by atoms with Crippen molar-refractivity contribution in [2.24, 2.45) is 0 Å². The highest BCUT2D eigenvalue weighted by Gasteiger charge is 2.12. The number of anilines is 1. The van der Waals surface area contributed by atoms with E-state index in [2.05, 4.69) is 15.4 Å². The molecule has 0 spiro atoms. The van der Waals surface area contributed by atoms with E-state index in [1.165, 1.54) is 12.3 Å². The Kier molecular flexibility index (Phi) is 3.62. The zero-order chi connectivity index (χ0) is 13.1. The van der Waals surface area contributed by atoms with Gasteiger partial charge in [0.15, 0.2) is 0 Å². The van der Waals surface area contributed by atoms with Gasteiger partial charge in [0.1, 0.15) is 11.5 Å². The maximum atomic E-state index is 12.0. The number of halogens is 1. The Morgan fingerprint density at radius 1 is 1.39 bits per heavy atom. The van der Waals surface area contributed by atoms with E-state index in [0.29, 0.717) is 10.8 Å². The molecule has 0 aliphatic heterocycles. The third-order valence-electron chi connectivity index (χ3n) is 2.36. The summed E-state index contributed by atoms with van der Waals surface area (Å²) in [7, 11) is 0. The molecule has 2 aromatic heterocycles. The molecular weight excluding hydrogens is 252 g/mol. The first-order valence-corrected chi connectivity index (χ1v) is 5.92. The van der Waals surface area contributed by atoms with E-state index in [1.807, 2.05) is 13.8 Å². The van der Waals surface area contributed by atoms with Gasteiger partial charge in [-0.2, -0.15) is 5.10 Å². The third kappa shape index (κ3) is 2.68. The second kappa shape index (κ2) is 5.18. The van der Waals surface area contributed by atoms with Crippen molar-refractivity contribution < 1.29 is 4.79 Å². The maximum Gasteiger partial charge on any atom is 0.275 e. The first kappa shape index (κ1) is 12.6. The minimum absolute atomic E-state index is 0.169. The first-order valence-electron chi connectivity index (χ1n) is 5.54. The van der Waals surface area contributed by atoms with Gasteiger partial charge in [-0.15, -0.1) is 0 Å². The van der Waals surface area contributed by atoms with Gasteiger partial charge < -0.3 is 5.32 Å². The van der Waals surface area contributed by atoms with Crippen LogP contribution in [0.3, 0.4) is 0 Å². The number of nitrogens with one attached hydrogen (secondary N) is 1. The molecule has 0 saturated heterocycles. The van der Waals surface area contributed by atoms with Crippen molar-refractivity contribution in [3.8, 4) is 0 Å². The zero-order valence-electron chi connectivity index (χ0n) is 10.1. The minimum atomic E-state index is -0.306. The molecule has 0 saturated carbocycles. The van der Waals surface area contributed by atoms with Crippen LogP contribution < -0.4 is 5.32 Å².